The van der Waals surface area contributed by atoms with Gasteiger partial charge in [-0.15, -0.1) is 0 Å². The van der Waals surface area contributed by atoms with Gasteiger partial charge in [0.05, 0.1) is 13.7 Å². The van der Waals surface area contributed by atoms with Gasteiger partial charge in [0.1, 0.15) is 0 Å². The zero-order chi connectivity index (χ0) is 19.8. The van der Waals surface area contributed by atoms with Gasteiger partial charge in [0.2, 0.25) is 0 Å². The van der Waals surface area contributed by atoms with Crippen LogP contribution in [0.1, 0.15) is 42.6 Å². The van der Waals surface area contributed by atoms with Gasteiger partial charge in [0, 0.05) is 38.0 Å². The first-order valence-electron chi connectivity index (χ1n) is 9.25. The van der Waals surface area contributed by atoms with E-state index in [9.17, 15) is 9.59 Å². The lowest BCUT2D eigenvalue weighted by Crippen LogP contribution is -2.32. The minimum atomic E-state index is -0.198. The Bertz CT molecular complexity index is 829. The smallest absolute Gasteiger partial charge is 0.254 e. The van der Waals surface area contributed by atoms with E-state index in [-0.39, 0.29) is 11.5 Å². The summed E-state index contributed by atoms with van der Waals surface area (Å²) < 4.78 is 12.6. The zero-order valence-corrected chi connectivity index (χ0v) is 16.5. The van der Waals surface area contributed by atoms with Crippen LogP contribution < -0.4 is 15.0 Å². The van der Waals surface area contributed by atoms with E-state index in [0.29, 0.717) is 36.8 Å². The number of ether oxygens (including phenoxy) is 2. The molecule has 1 aromatic carbocycles. The Kier molecular flexibility index (Phi) is 7.46. The minimum Gasteiger partial charge on any atom is -0.493 e. The molecule has 0 atom stereocenters. The van der Waals surface area contributed by atoms with Crippen LogP contribution in [0, 0.1) is 0 Å². The lowest BCUT2D eigenvalue weighted by Gasteiger charge is -2.23. The summed E-state index contributed by atoms with van der Waals surface area (Å²) in [5, 5.41) is 0. The first-order chi connectivity index (χ1) is 13.0. The van der Waals surface area contributed by atoms with Crippen LogP contribution in [-0.2, 0) is 13.6 Å². The Hall–Kier alpha value is -2.76. The lowest BCUT2D eigenvalue weighted by molar-refractivity contribution is 0.0742. The zero-order valence-electron chi connectivity index (χ0n) is 16.5. The van der Waals surface area contributed by atoms with Gasteiger partial charge in [-0.25, -0.2) is 0 Å². The normalized spacial score (nSPS) is 10.5. The molecule has 0 aliphatic carbocycles. The number of carbonyl (C=O) groups is 1. The molecule has 1 amide bonds. The van der Waals surface area contributed by atoms with E-state index < -0.39 is 0 Å². The summed E-state index contributed by atoms with van der Waals surface area (Å²) in [6.07, 6.45) is 3.36. The second-order valence-electron chi connectivity index (χ2n) is 6.42. The first kappa shape index (κ1) is 20.6. The van der Waals surface area contributed by atoms with Crippen molar-refractivity contribution in [2.24, 2.45) is 7.05 Å². The van der Waals surface area contributed by atoms with E-state index in [1.807, 2.05) is 32.0 Å². The monoisotopic (exact) mass is 372 g/mol. The average Bonchev–Trinajstić information content (AvgIpc) is 2.68. The van der Waals surface area contributed by atoms with Crippen LogP contribution in [0.3, 0.4) is 0 Å². The molecule has 0 aliphatic rings. The van der Waals surface area contributed by atoms with Crippen LogP contribution in [0.15, 0.2) is 41.3 Å². The van der Waals surface area contributed by atoms with Crippen LogP contribution >= 0.6 is 0 Å². The van der Waals surface area contributed by atoms with Crippen LogP contribution in [-0.4, -0.2) is 35.6 Å². The number of rotatable bonds is 9. The van der Waals surface area contributed by atoms with E-state index in [2.05, 4.69) is 0 Å². The summed E-state index contributed by atoms with van der Waals surface area (Å²) in [6.45, 7) is 5.73. The maximum atomic E-state index is 12.9. The fraction of sp³-hybridized carbons (Fsp3) is 0.429. The molecule has 0 spiro atoms. The molecule has 6 nitrogen and oxygen atoms in total. The largest absolute Gasteiger partial charge is 0.493 e. The van der Waals surface area contributed by atoms with E-state index in [1.165, 1.54) is 10.6 Å². The highest BCUT2D eigenvalue weighted by molar-refractivity contribution is 5.94. The summed E-state index contributed by atoms with van der Waals surface area (Å²) >= 11 is 0. The minimum absolute atomic E-state index is 0.153. The van der Waals surface area contributed by atoms with Gasteiger partial charge in [-0.1, -0.05) is 19.9 Å². The molecule has 2 rings (SSSR count). The van der Waals surface area contributed by atoms with Crippen molar-refractivity contribution in [1.82, 2.24) is 9.47 Å². The van der Waals surface area contributed by atoms with Gasteiger partial charge in [-0.3, -0.25) is 9.59 Å². The van der Waals surface area contributed by atoms with Gasteiger partial charge >= 0.3 is 0 Å². The van der Waals surface area contributed by atoms with Gasteiger partial charge in [0.15, 0.2) is 11.5 Å². The third-order valence-corrected chi connectivity index (χ3v) is 4.20. The van der Waals surface area contributed by atoms with Crippen LogP contribution in [0.5, 0.6) is 11.5 Å². The maximum Gasteiger partial charge on any atom is 0.254 e. The van der Waals surface area contributed by atoms with Crippen LogP contribution in [0.4, 0.5) is 0 Å². The van der Waals surface area contributed by atoms with Gasteiger partial charge in [0.25, 0.3) is 11.5 Å². The number of hydrogen-bond donors (Lipinski definition) is 0. The number of nitrogens with zero attached hydrogens (tertiary/aromatic N) is 2. The molecule has 0 fully saturated rings. The highest BCUT2D eigenvalue weighted by Crippen LogP contribution is 2.29. The number of pyridine rings is 1. The highest BCUT2D eigenvalue weighted by atomic mass is 16.5. The molecule has 1 heterocycles. The van der Waals surface area contributed by atoms with Gasteiger partial charge in [-0.05, 0) is 36.6 Å². The third kappa shape index (κ3) is 5.36. The number of benzene rings is 1. The summed E-state index contributed by atoms with van der Waals surface area (Å²) in [5.74, 6) is 1.20. The number of carbonyl (C=O) groups excluding carboxylic acids is 1. The molecule has 146 valence electrons. The van der Waals surface area contributed by atoms with E-state index >= 15 is 0 Å². The van der Waals surface area contributed by atoms with Crippen molar-refractivity contribution in [3.05, 3.63) is 58.0 Å². The number of aryl methyl sites for hydroxylation is 1. The Balaban J connectivity index is 2.23. The summed E-state index contributed by atoms with van der Waals surface area (Å²) in [5.41, 5.74) is 1.15. The molecule has 2 aromatic rings. The van der Waals surface area contributed by atoms with E-state index in [4.69, 9.17) is 9.47 Å². The van der Waals surface area contributed by atoms with Crippen molar-refractivity contribution >= 4 is 5.91 Å². The molecule has 0 radical (unpaired) electrons. The molecule has 0 unspecified atom stereocenters. The molecule has 0 N–H and O–H groups in total. The van der Waals surface area contributed by atoms with Gasteiger partial charge < -0.3 is 18.9 Å². The molecule has 27 heavy (non-hydrogen) atoms. The topological polar surface area (TPSA) is 60.8 Å². The fourth-order valence-corrected chi connectivity index (χ4v) is 2.75. The molecule has 0 saturated carbocycles. The molecule has 0 aliphatic heterocycles. The molecular weight excluding hydrogens is 344 g/mol. The Labute approximate surface area is 160 Å². The Morgan fingerprint density at radius 2 is 1.89 bits per heavy atom. The molecule has 6 heteroatoms. The second-order valence-corrected chi connectivity index (χ2v) is 6.42. The van der Waals surface area contributed by atoms with Gasteiger partial charge in [-0.2, -0.15) is 0 Å². The molecular formula is C21H28N2O4. The number of aromatic nitrogens is 1. The molecule has 0 saturated heterocycles. The Morgan fingerprint density at radius 1 is 1.11 bits per heavy atom. The number of amides is 1. The fourth-order valence-electron chi connectivity index (χ4n) is 2.75. The average molecular weight is 372 g/mol. The maximum absolute atomic E-state index is 12.9. The quantitative estimate of drug-likeness (QED) is 0.678. The van der Waals surface area contributed by atoms with Crippen LogP contribution in [0.25, 0.3) is 0 Å². The third-order valence-electron chi connectivity index (χ3n) is 4.20. The standard InChI is InChI=1S/C21H28N2O4/c1-5-10-23(21(25)17-9-11-22(3)20(24)14-17)15-16-7-8-18(27-12-6-2)19(13-16)26-4/h7-9,11,13-14H,5-6,10,12,15H2,1-4H3. The van der Waals surface area contributed by atoms with Crippen molar-refractivity contribution in [1.29, 1.82) is 0 Å². The van der Waals surface area contributed by atoms with Crippen molar-refractivity contribution in [2.45, 2.75) is 33.2 Å². The predicted octanol–water partition coefficient (Wildman–Crippen LogP) is 3.24. The second kappa shape index (κ2) is 9.80. The van der Waals surface area contributed by atoms with Crippen molar-refractivity contribution in [3.63, 3.8) is 0 Å². The van der Waals surface area contributed by atoms with Crippen molar-refractivity contribution in [2.75, 3.05) is 20.3 Å². The SMILES string of the molecule is CCCOc1ccc(CN(CCC)C(=O)c2ccn(C)c(=O)c2)cc1OC. The van der Waals surface area contributed by atoms with Crippen molar-refractivity contribution in [3.8, 4) is 11.5 Å². The first-order valence-corrected chi connectivity index (χ1v) is 9.25. The number of methoxy groups -OCH3 is 1. The molecule has 1 aromatic heterocycles. The summed E-state index contributed by atoms with van der Waals surface area (Å²) in [7, 11) is 3.27. The number of hydrogen-bond acceptors (Lipinski definition) is 4. The predicted molar refractivity (Wildman–Crippen MR) is 105 cm³/mol. The summed E-state index contributed by atoms with van der Waals surface area (Å²) in [4.78, 5) is 26.5. The van der Waals surface area contributed by atoms with E-state index in [1.54, 1.807) is 31.3 Å². The van der Waals surface area contributed by atoms with Crippen molar-refractivity contribution < 1.29 is 14.3 Å². The summed E-state index contributed by atoms with van der Waals surface area (Å²) in [6, 6.07) is 8.76. The Morgan fingerprint density at radius 3 is 2.52 bits per heavy atom. The van der Waals surface area contributed by atoms with Crippen LogP contribution in [0.2, 0.25) is 0 Å². The lowest BCUT2D eigenvalue weighted by atomic mass is 10.1. The molecule has 0 bridgehead atoms. The highest BCUT2D eigenvalue weighted by Gasteiger charge is 2.17. The van der Waals surface area contributed by atoms with E-state index in [0.717, 1.165) is 18.4 Å².